The molecule has 1 saturated heterocycles. The van der Waals surface area contributed by atoms with Crippen molar-refractivity contribution in [1.82, 2.24) is 10.3 Å². The molecule has 0 spiro atoms. The molecule has 1 aliphatic rings. The fraction of sp³-hybridized carbons (Fsp3) is 0.375. The maximum absolute atomic E-state index is 12.3. The van der Waals surface area contributed by atoms with Gasteiger partial charge in [-0.05, 0) is 63.9 Å². The SMILES string of the molecule is CC(=O)c1ccc(C=C(CNC(=O)OCc2ccccc2)B2OC(C)(C)C(C)(C)O2)nc1. The molecule has 1 amide bonds. The number of Topliss-reactive ketones (excluding diaryl/α,β-unsaturated/α-hetero) is 1. The summed E-state index contributed by atoms with van der Waals surface area (Å²) in [5.41, 5.74) is 1.68. The Bertz CT molecular complexity index is 971. The van der Waals surface area contributed by atoms with Gasteiger partial charge in [0.05, 0.1) is 16.9 Å². The normalized spacial score (nSPS) is 17.2. The minimum absolute atomic E-state index is 0.0537. The summed E-state index contributed by atoms with van der Waals surface area (Å²) in [6.07, 6.45) is 2.78. The predicted octanol–water partition coefficient (Wildman–Crippen LogP) is 4.23. The standard InChI is InChI=1S/C24H29BN2O5/c1-17(28)19-11-12-21(26-14-19)13-20(25-31-23(2,3)24(4,5)32-25)15-27-22(29)30-16-18-9-7-6-8-10-18/h6-14H,15-16H2,1-5H3,(H,27,29). The van der Waals surface area contributed by atoms with Gasteiger partial charge < -0.3 is 19.4 Å². The molecule has 2 aromatic rings. The van der Waals surface area contributed by atoms with Gasteiger partial charge in [0.2, 0.25) is 0 Å². The van der Waals surface area contributed by atoms with Crippen LogP contribution in [0.2, 0.25) is 0 Å². The Balaban J connectivity index is 1.73. The molecule has 1 aromatic carbocycles. The van der Waals surface area contributed by atoms with Gasteiger partial charge in [0, 0.05) is 18.3 Å². The van der Waals surface area contributed by atoms with Crippen molar-refractivity contribution in [3.8, 4) is 0 Å². The number of ketones is 1. The number of pyridine rings is 1. The molecule has 0 saturated carbocycles. The van der Waals surface area contributed by atoms with E-state index in [1.807, 2.05) is 58.0 Å². The highest BCUT2D eigenvalue weighted by Gasteiger charge is 2.52. The van der Waals surface area contributed by atoms with Crippen LogP contribution in [-0.4, -0.2) is 41.7 Å². The van der Waals surface area contributed by atoms with Crippen LogP contribution in [0, 0.1) is 0 Å². The minimum atomic E-state index is -0.663. The minimum Gasteiger partial charge on any atom is -0.445 e. The van der Waals surface area contributed by atoms with Crippen LogP contribution >= 0.6 is 0 Å². The van der Waals surface area contributed by atoms with Crippen LogP contribution in [0.4, 0.5) is 4.79 Å². The lowest BCUT2D eigenvalue weighted by molar-refractivity contribution is 0.00578. The van der Waals surface area contributed by atoms with Gasteiger partial charge in [-0.25, -0.2) is 4.79 Å². The largest absolute Gasteiger partial charge is 0.492 e. The predicted molar refractivity (Wildman–Crippen MR) is 123 cm³/mol. The van der Waals surface area contributed by atoms with Crippen LogP contribution in [0.5, 0.6) is 0 Å². The summed E-state index contributed by atoms with van der Waals surface area (Å²) in [6, 6.07) is 12.9. The fourth-order valence-electron chi connectivity index (χ4n) is 3.03. The van der Waals surface area contributed by atoms with E-state index in [-0.39, 0.29) is 18.9 Å². The molecule has 8 heteroatoms. The van der Waals surface area contributed by atoms with E-state index in [1.54, 1.807) is 18.2 Å². The van der Waals surface area contributed by atoms with Crippen LogP contribution in [-0.2, 0) is 20.7 Å². The average Bonchev–Trinajstić information content (AvgIpc) is 2.97. The van der Waals surface area contributed by atoms with Crippen molar-refractivity contribution in [1.29, 1.82) is 0 Å². The van der Waals surface area contributed by atoms with Crippen molar-refractivity contribution in [3.63, 3.8) is 0 Å². The number of rotatable bonds is 7. The lowest BCUT2D eigenvalue weighted by Crippen LogP contribution is -2.41. The number of carbonyl (C=O) groups is 2. The molecule has 0 unspecified atom stereocenters. The van der Waals surface area contributed by atoms with E-state index in [9.17, 15) is 9.59 Å². The number of carbonyl (C=O) groups excluding carboxylic acids is 2. The van der Waals surface area contributed by atoms with Crippen LogP contribution < -0.4 is 5.32 Å². The summed E-state index contributed by atoms with van der Waals surface area (Å²) in [5.74, 6) is -0.0537. The van der Waals surface area contributed by atoms with Crippen LogP contribution in [0.15, 0.2) is 54.1 Å². The Morgan fingerprint density at radius 2 is 1.72 bits per heavy atom. The summed E-state index contributed by atoms with van der Waals surface area (Å²) in [6.45, 7) is 9.68. The van der Waals surface area contributed by atoms with Gasteiger partial charge in [-0.3, -0.25) is 9.78 Å². The second-order valence-corrected chi connectivity index (χ2v) is 8.75. The molecular formula is C24H29BN2O5. The number of alkyl carbamates (subject to hydrolysis) is 1. The van der Waals surface area contributed by atoms with E-state index >= 15 is 0 Å². The number of nitrogens with one attached hydrogen (secondary N) is 1. The molecule has 1 aromatic heterocycles. The first-order chi connectivity index (χ1) is 15.1. The molecule has 7 nitrogen and oxygen atoms in total. The van der Waals surface area contributed by atoms with Crippen molar-refractivity contribution < 1.29 is 23.6 Å². The van der Waals surface area contributed by atoms with Crippen LogP contribution in [0.25, 0.3) is 6.08 Å². The summed E-state index contributed by atoms with van der Waals surface area (Å²) in [7, 11) is -0.663. The topological polar surface area (TPSA) is 86.8 Å². The maximum Gasteiger partial charge on any atom is 0.492 e. The first-order valence-electron chi connectivity index (χ1n) is 10.5. The summed E-state index contributed by atoms with van der Waals surface area (Å²) in [5, 5.41) is 2.76. The Kier molecular flexibility index (Phi) is 7.16. The third-order valence-corrected chi connectivity index (χ3v) is 5.73. The maximum atomic E-state index is 12.3. The van der Waals surface area contributed by atoms with E-state index in [0.717, 1.165) is 5.56 Å². The van der Waals surface area contributed by atoms with Gasteiger partial charge in [-0.2, -0.15) is 0 Å². The number of nitrogens with zero attached hydrogens (tertiary/aromatic N) is 1. The number of amides is 1. The monoisotopic (exact) mass is 436 g/mol. The zero-order chi connectivity index (χ0) is 23.4. The Morgan fingerprint density at radius 3 is 2.28 bits per heavy atom. The molecule has 0 aliphatic carbocycles. The molecule has 2 heterocycles. The van der Waals surface area contributed by atoms with E-state index in [0.29, 0.717) is 16.7 Å². The lowest BCUT2D eigenvalue weighted by Gasteiger charge is -2.32. The summed E-state index contributed by atoms with van der Waals surface area (Å²) >= 11 is 0. The molecule has 0 bridgehead atoms. The molecule has 1 aliphatic heterocycles. The fourth-order valence-corrected chi connectivity index (χ4v) is 3.03. The van der Waals surface area contributed by atoms with Gasteiger partial charge in [-0.15, -0.1) is 0 Å². The third-order valence-electron chi connectivity index (χ3n) is 5.73. The van der Waals surface area contributed by atoms with Crippen molar-refractivity contribution in [2.24, 2.45) is 0 Å². The third kappa shape index (κ3) is 5.84. The number of hydrogen-bond donors (Lipinski definition) is 1. The van der Waals surface area contributed by atoms with Crippen molar-refractivity contribution in [2.45, 2.75) is 52.4 Å². The first kappa shape index (κ1) is 23.7. The second kappa shape index (κ2) is 9.67. The Morgan fingerprint density at radius 1 is 1.06 bits per heavy atom. The summed E-state index contributed by atoms with van der Waals surface area (Å²) < 4.78 is 17.6. The van der Waals surface area contributed by atoms with Gasteiger partial charge in [0.15, 0.2) is 5.78 Å². The Hall–Kier alpha value is -2.97. The molecule has 1 fully saturated rings. The van der Waals surface area contributed by atoms with E-state index in [2.05, 4.69) is 10.3 Å². The first-order valence-corrected chi connectivity index (χ1v) is 10.5. The zero-order valence-electron chi connectivity index (χ0n) is 19.2. The molecule has 1 N–H and O–H groups in total. The van der Waals surface area contributed by atoms with E-state index in [1.165, 1.54) is 13.1 Å². The Labute approximate surface area is 189 Å². The number of hydrogen-bond acceptors (Lipinski definition) is 6. The quantitative estimate of drug-likeness (QED) is 0.517. The number of aromatic nitrogens is 1. The highest BCUT2D eigenvalue weighted by molar-refractivity contribution is 6.56. The molecular weight excluding hydrogens is 407 g/mol. The van der Waals surface area contributed by atoms with E-state index < -0.39 is 24.4 Å². The summed E-state index contributed by atoms with van der Waals surface area (Å²) in [4.78, 5) is 28.1. The van der Waals surface area contributed by atoms with Crippen molar-refractivity contribution >= 4 is 25.1 Å². The second-order valence-electron chi connectivity index (χ2n) is 8.75. The van der Waals surface area contributed by atoms with Crippen LogP contribution in [0.3, 0.4) is 0 Å². The number of ether oxygens (including phenoxy) is 1. The average molecular weight is 436 g/mol. The highest BCUT2D eigenvalue weighted by atomic mass is 16.7. The van der Waals surface area contributed by atoms with Crippen LogP contribution in [0.1, 0.15) is 56.2 Å². The number of benzene rings is 1. The molecule has 0 radical (unpaired) electrons. The molecule has 0 atom stereocenters. The molecule has 168 valence electrons. The van der Waals surface area contributed by atoms with Gasteiger partial charge in [-0.1, -0.05) is 30.3 Å². The van der Waals surface area contributed by atoms with E-state index in [4.69, 9.17) is 14.0 Å². The van der Waals surface area contributed by atoms with Gasteiger partial charge in [0.25, 0.3) is 0 Å². The lowest BCUT2D eigenvalue weighted by atomic mass is 9.77. The smallest absolute Gasteiger partial charge is 0.445 e. The molecule has 32 heavy (non-hydrogen) atoms. The zero-order valence-corrected chi connectivity index (χ0v) is 19.2. The van der Waals surface area contributed by atoms with Gasteiger partial charge >= 0.3 is 13.2 Å². The molecule has 3 rings (SSSR count). The highest BCUT2D eigenvalue weighted by Crippen LogP contribution is 2.38. The van der Waals surface area contributed by atoms with Crippen molar-refractivity contribution in [3.05, 3.63) is 71.0 Å². The van der Waals surface area contributed by atoms with Crippen molar-refractivity contribution in [2.75, 3.05) is 6.54 Å². The van der Waals surface area contributed by atoms with Gasteiger partial charge in [0.1, 0.15) is 6.61 Å².